The average molecular weight is 526 g/mol. The van der Waals surface area contributed by atoms with E-state index in [0.717, 1.165) is 36.4 Å². The topological polar surface area (TPSA) is 121 Å². The first-order valence-electron chi connectivity index (χ1n) is 10.9. The minimum absolute atomic E-state index is 0.0123. The van der Waals surface area contributed by atoms with Crippen LogP contribution in [0.4, 0.5) is 26.3 Å². The third-order valence-electron chi connectivity index (χ3n) is 6.22. The molecule has 12 heteroatoms. The van der Waals surface area contributed by atoms with E-state index in [1.807, 2.05) is 0 Å². The molecule has 36 heavy (non-hydrogen) atoms. The number of aliphatic hydroxyl groups excluding tert-OH is 4. The number of rotatable bonds is 10. The van der Waals surface area contributed by atoms with Crippen molar-refractivity contribution in [1.82, 2.24) is 0 Å². The molecule has 0 amide bonds. The molecule has 2 aromatic rings. The van der Waals surface area contributed by atoms with Crippen molar-refractivity contribution >= 4 is 0 Å². The predicted octanol–water partition coefficient (Wildman–Crippen LogP) is 2.46. The van der Waals surface area contributed by atoms with Gasteiger partial charge in [-0.1, -0.05) is 31.2 Å². The fourth-order valence-electron chi connectivity index (χ4n) is 3.98. The van der Waals surface area contributed by atoms with Gasteiger partial charge >= 0.3 is 12.4 Å². The molecule has 0 fully saturated rings. The second-order valence-electron chi connectivity index (χ2n) is 8.79. The van der Waals surface area contributed by atoms with Gasteiger partial charge in [-0.3, -0.25) is 0 Å². The largest absolute Gasteiger partial charge is 0.416 e. The van der Waals surface area contributed by atoms with E-state index in [4.69, 9.17) is 0 Å². The van der Waals surface area contributed by atoms with Crippen molar-refractivity contribution in [2.75, 3.05) is 6.61 Å². The van der Waals surface area contributed by atoms with Crippen molar-refractivity contribution < 1.29 is 57.0 Å². The molecular weight excluding hydrogens is 498 g/mol. The zero-order valence-corrected chi connectivity index (χ0v) is 19.1. The highest BCUT2D eigenvalue weighted by Gasteiger charge is 2.53. The summed E-state index contributed by atoms with van der Waals surface area (Å²) in [6, 6.07) is 6.98. The molecule has 202 valence electrons. The van der Waals surface area contributed by atoms with E-state index in [0.29, 0.717) is 12.1 Å². The normalized spacial score (nSPS) is 18.7. The Morgan fingerprint density at radius 3 is 1.42 bits per heavy atom. The Morgan fingerprint density at radius 2 is 1.08 bits per heavy atom. The van der Waals surface area contributed by atoms with Gasteiger partial charge in [0.05, 0.1) is 23.3 Å². The molecule has 0 aromatic heterocycles. The maximum atomic E-state index is 12.9. The highest BCUT2D eigenvalue weighted by Crippen LogP contribution is 2.36. The number of aliphatic hydroxyl groups is 6. The number of benzene rings is 2. The highest BCUT2D eigenvalue weighted by atomic mass is 19.4. The van der Waals surface area contributed by atoms with Crippen LogP contribution in [0.25, 0.3) is 0 Å². The summed E-state index contributed by atoms with van der Waals surface area (Å²) in [5.74, 6) is 0. The summed E-state index contributed by atoms with van der Waals surface area (Å²) in [6.45, 7) is 0.327. The minimum atomic E-state index is -4.65. The van der Waals surface area contributed by atoms with Crippen LogP contribution in [0.2, 0.25) is 0 Å². The minimum Gasteiger partial charge on any atom is -0.394 e. The van der Waals surface area contributed by atoms with Gasteiger partial charge in [0.25, 0.3) is 0 Å². The zero-order valence-electron chi connectivity index (χ0n) is 19.1. The van der Waals surface area contributed by atoms with Crippen LogP contribution >= 0.6 is 0 Å². The molecule has 6 nitrogen and oxygen atoms in total. The molecule has 1 unspecified atom stereocenters. The van der Waals surface area contributed by atoms with Gasteiger partial charge in [0, 0.05) is 12.8 Å². The first kappa shape index (κ1) is 30.0. The molecule has 0 saturated carbocycles. The Labute approximate surface area is 203 Å². The molecule has 6 N–H and O–H groups in total. The van der Waals surface area contributed by atoms with Crippen LogP contribution in [0.3, 0.4) is 0 Å². The number of halogens is 6. The Morgan fingerprint density at radius 1 is 0.694 bits per heavy atom. The van der Waals surface area contributed by atoms with Crippen molar-refractivity contribution in [2.24, 2.45) is 0 Å². The highest BCUT2D eigenvalue weighted by molar-refractivity contribution is 5.29. The van der Waals surface area contributed by atoms with Crippen LogP contribution in [0.5, 0.6) is 0 Å². The van der Waals surface area contributed by atoms with E-state index >= 15 is 0 Å². The van der Waals surface area contributed by atoms with E-state index in [9.17, 15) is 57.0 Å². The fourth-order valence-corrected chi connectivity index (χ4v) is 3.98. The summed E-state index contributed by atoms with van der Waals surface area (Å²) >= 11 is 0. The molecule has 5 atom stereocenters. The van der Waals surface area contributed by atoms with E-state index < -0.39 is 72.4 Å². The Kier molecular flexibility index (Phi) is 9.20. The molecule has 0 aliphatic rings. The molecule has 0 heterocycles. The Bertz CT molecular complexity index is 979. The Hall–Kier alpha value is -2.22. The Balaban J connectivity index is 2.43. The van der Waals surface area contributed by atoms with Crippen molar-refractivity contribution in [2.45, 2.75) is 68.1 Å². The number of hydrogen-bond acceptors (Lipinski definition) is 6. The summed E-state index contributed by atoms with van der Waals surface area (Å²) in [7, 11) is 0. The van der Waals surface area contributed by atoms with E-state index in [1.54, 1.807) is 0 Å². The van der Waals surface area contributed by atoms with Crippen molar-refractivity contribution in [3.63, 3.8) is 0 Å². The van der Waals surface area contributed by atoms with Gasteiger partial charge in [0.2, 0.25) is 0 Å². The van der Waals surface area contributed by atoms with Crippen molar-refractivity contribution in [3.8, 4) is 0 Å². The standard InChI is InChI=1S/C24H28F6O6/c1-2-21(35,11-14-3-7-16(8-4-14)23(25,26)27)20(34)22(36,19(33)18(32)13-31)12-15-5-9-17(10-6-15)24(28,29)30/h3-10,18-20,31-36H,2,11-13H2,1H3/t18-,19+,20+,21?,22+/m0/s1. The monoisotopic (exact) mass is 526 g/mol. The predicted molar refractivity (Wildman–Crippen MR) is 116 cm³/mol. The van der Waals surface area contributed by atoms with E-state index in [2.05, 4.69) is 0 Å². The van der Waals surface area contributed by atoms with E-state index in [-0.39, 0.29) is 17.5 Å². The quantitative estimate of drug-likeness (QED) is 0.265. The van der Waals surface area contributed by atoms with Gasteiger partial charge in [0.1, 0.15) is 23.9 Å². The molecule has 0 spiro atoms. The maximum Gasteiger partial charge on any atom is 0.416 e. The van der Waals surface area contributed by atoms with Crippen LogP contribution in [-0.2, 0) is 25.2 Å². The second kappa shape index (κ2) is 11.0. The van der Waals surface area contributed by atoms with Gasteiger partial charge in [-0.2, -0.15) is 26.3 Å². The van der Waals surface area contributed by atoms with Crippen molar-refractivity contribution in [1.29, 1.82) is 0 Å². The number of alkyl halides is 6. The van der Waals surface area contributed by atoms with Gasteiger partial charge in [-0.05, 0) is 41.8 Å². The van der Waals surface area contributed by atoms with Crippen LogP contribution in [0, 0.1) is 0 Å². The number of hydrogen-bond donors (Lipinski definition) is 6. The van der Waals surface area contributed by atoms with Gasteiger partial charge in [-0.25, -0.2) is 0 Å². The van der Waals surface area contributed by atoms with Gasteiger partial charge < -0.3 is 30.6 Å². The summed E-state index contributed by atoms with van der Waals surface area (Å²) in [5, 5.41) is 63.4. The second-order valence-corrected chi connectivity index (χ2v) is 8.79. The molecule has 0 radical (unpaired) electrons. The summed E-state index contributed by atoms with van der Waals surface area (Å²) in [5.41, 5.74) is -6.89. The van der Waals surface area contributed by atoms with Crippen LogP contribution in [0.1, 0.15) is 35.6 Å². The third-order valence-corrected chi connectivity index (χ3v) is 6.22. The van der Waals surface area contributed by atoms with E-state index in [1.165, 1.54) is 6.92 Å². The molecule has 0 aliphatic carbocycles. The SMILES string of the molecule is CCC(O)(Cc1ccc(C(F)(F)F)cc1)[C@@H](O)[C@@](O)(Cc1ccc(C(F)(F)F)cc1)[C@H](O)[C@@H](O)CO. The lowest BCUT2D eigenvalue weighted by Crippen LogP contribution is -2.66. The molecule has 2 aromatic carbocycles. The molecule has 2 rings (SSSR count). The lowest BCUT2D eigenvalue weighted by molar-refractivity contribution is -0.229. The first-order chi connectivity index (χ1) is 16.5. The van der Waals surface area contributed by atoms with Crippen molar-refractivity contribution in [3.05, 3.63) is 70.8 Å². The molecular formula is C24H28F6O6. The summed E-state index contributed by atoms with van der Waals surface area (Å²) in [6.07, 6.45) is -17.3. The molecule has 0 bridgehead atoms. The lowest BCUT2D eigenvalue weighted by Gasteiger charge is -2.45. The molecule has 0 aliphatic heterocycles. The molecule has 0 saturated heterocycles. The van der Waals surface area contributed by atoms with Gasteiger partial charge in [-0.15, -0.1) is 0 Å². The third kappa shape index (κ3) is 6.75. The van der Waals surface area contributed by atoms with Crippen LogP contribution < -0.4 is 0 Å². The lowest BCUT2D eigenvalue weighted by atomic mass is 9.72. The zero-order chi connectivity index (χ0) is 27.5. The van der Waals surface area contributed by atoms with Gasteiger partial charge in [0.15, 0.2) is 0 Å². The summed E-state index contributed by atoms with van der Waals surface area (Å²) < 4.78 is 77.2. The maximum absolute atomic E-state index is 12.9. The smallest absolute Gasteiger partial charge is 0.394 e. The summed E-state index contributed by atoms with van der Waals surface area (Å²) in [4.78, 5) is 0. The average Bonchev–Trinajstić information content (AvgIpc) is 2.81. The fraction of sp³-hybridized carbons (Fsp3) is 0.500. The van der Waals surface area contributed by atoms with Crippen LogP contribution in [-0.4, -0.2) is 66.8 Å². The first-order valence-corrected chi connectivity index (χ1v) is 10.9. The van der Waals surface area contributed by atoms with Crippen LogP contribution in [0.15, 0.2) is 48.5 Å².